The number of benzene rings is 1. The number of hydrogen-bond donors (Lipinski definition) is 0. The average Bonchev–Trinajstić information content (AvgIpc) is 2.72. The zero-order chi connectivity index (χ0) is 12.4. The van der Waals surface area contributed by atoms with Gasteiger partial charge in [-0.2, -0.15) is 0 Å². The molecule has 5 heteroatoms. The molecule has 0 spiro atoms. The quantitative estimate of drug-likeness (QED) is 0.795. The number of thiazole rings is 1. The van der Waals surface area contributed by atoms with Gasteiger partial charge in [-0.1, -0.05) is 17.7 Å². The van der Waals surface area contributed by atoms with Crippen molar-refractivity contribution in [2.75, 3.05) is 0 Å². The average molecular weight is 270 g/mol. The summed E-state index contributed by atoms with van der Waals surface area (Å²) in [5, 5.41) is 1.06. The molecule has 0 fully saturated rings. The maximum atomic E-state index is 13.5. The van der Waals surface area contributed by atoms with Crippen LogP contribution in [0, 0.1) is 5.82 Å². The topological polar surface area (TPSA) is 30.0 Å². The molecule has 2 nitrogen and oxygen atoms in total. The van der Waals surface area contributed by atoms with E-state index >= 15 is 0 Å². The molecule has 0 saturated heterocycles. The lowest BCUT2D eigenvalue weighted by molar-refractivity contribution is 0.102. The molecule has 0 amide bonds. The molecule has 1 aromatic carbocycles. The zero-order valence-corrected chi connectivity index (χ0v) is 10.6. The fourth-order valence-corrected chi connectivity index (χ4v) is 2.46. The van der Waals surface area contributed by atoms with Gasteiger partial charge in [0.2, 0.25) is 0 Å². The molecule has 88 valence electrons. The van der Waals surface area contributed by atoms with Crippen molar-refractivity contribution < 1.29 is 9.18 Å². The molecular formula is C12H9ClFNOS. The monoisotopic (exact) mass is 269 g/mol. The molecule has 0 unspecified atom stereocenters. The van der Waals surface area contributed by atoms with Gasteiger partial charge >= 0.3 is 0 Å². The highest BCUT2D eigenvalue weighted by molar-refractivity contribution is 7.13. The number of rotatable bonds is 3. The third-order valence-corrected chi connectivity index (χ3v) is 3.74. The van der Waals surface area contributed by atoms with Crippen molar-refractivity contribution in [3.05, 3.63) is 50.7 Å². The molecule has 0 radical (unpaired) electrons. The van der Waals surface area contributed by atoms with Gasteiger partial charge in [0.15, 0.2) is 5.78 Å². The third kappa shape index (κ3) is 2.70. The molecule has 2 rings (SSSR count). The normalized spacial score (nSPS) is 10.5. The molecule has 0 aliphatic heterocycles. The SMILES string of the molecule is CC(=O)c1cnc(Cc2c(F)cccc2Cl)s1. The van der Waals surface area contributed by atoms with Crippen molar-refractivity contribution in [1.82, 2.24) is 4.98 Å². The summed E-state index contributed by atoms with van der Waals surface area (Å²) < 4.78 is 13.5. The number of halogens is 2. The Bertz CT molecular complexity index is 547. The fourth-order valence-electron chi connectivity index (χ4n) is 1.41. The van der Waals surface area contributed by atoms with E-state index in [1.807, 2.05) is 0 Å². The lowest BCUT2D eigenvalue weighted by Gasteiger charge is -2.02. The van der Waals surface area contributed by atoms with Gasteiger partial charge in [-0.15, -0.1) is 11.3 Å². The van der Waals surface area contributed by atoms with E-state index in [9.17, 15) is 9.18 Å². The Morgan fingerprint density at radius 3 is 2.88 bits per heavy atom. The summed E-state index contributed by atoms with van der Waals surface area (Å²) in [5.74, 6) is -0.384. The highest BCUT2D eigenvalue weighted by Gasteiger charge is 2.11. The number of hydrogen-bond acceptors (Lipinski definition) is 3. The second-order valence-electron chi connectivity index (χ2n) is 3.55. The smallest absolute Gasteiger partial charge is 0.171 e. The van der Waals surface area contributed by atoms with Crippen LogP contribution in [-0.2, 0) is 6.42 Å². The predicted molar refractivity (Wildman–Crippen MR) is 66.3 cm³/mol. The minimum atomic E-state index is -0.350. The van der Waals surface area contributed by atoms with Crippen molar-refractivity contribution in [3.63, 3.8) is 0 Å². The molecule has 0 aliphatic rings. The lowest BCUT2D eigenvalue weighted by Crippen LogP contribution is -1.92. The van der Waals surface area contributed by atoms with Crippen LogP contribution in [0.25, 0.3) is 0 Å². The van der Waals surface area contributed by atoms with Gasteiger partial charge in [0.05, 0.1) is 9.88 Å². The molecule has 0 aliphatic carbocycles. The Morgan fingerprint density at radius 2 is 2.29 bits per heavy atom. The van der Waals surface area contributed by atoms with Gasteiger partial charge in [0, 0.05) is 30.1 Å². The van der Waals surface area contributed by atoms with Crippen molar-refractivity contribution in [3.8, 4) is 0 Å². The van der Waals surface area contributed by atoms with Crippen molar-refractivity contribution in [2.24, 2.45) is 0 Å². The van der Waals surface area contributed by atoms with E-state index in [4.69, 9.17) is 11.6 Å². The van der Waals surface area contributed by atoms with Crippen LogP contribution in [-0.4, -0.2) is 10.8 Å². The second-order valence-corrected chi connectivity index (χ2v) is 5.07. The Balaban J connectivity index is 2.28. The van der Waals surface area contributed by atoms with Crippen molar-refractivity contribution in [1.29, 1.82) is 0 Å². The predicted octanol–water partition coefficient (Wildman–Crippen LogP) is 3.73. The van der Waals surface area contributed by atoms with Gasteiger partial charge < -0.3 is 0 Å². The number of carbonyl (C=O) groups is 1. The van der Waals surface area contributed by atoms with E-state index < -0.39 is 0 Å². The molecule has 1 heterocycles. The Morgan fingerprint density at radius 1 is 1.53 bits per heavy atom. The maximum Gasteiger partial charge on any atom is 0.171 e. The van der Waals surface area contributed by atoms with Crippen LogP contribution >= 0.6 is 22.9 Å². The minimum Gasteiger partial charge on any atom is -0.294 e. The maximum absolute atomic E-state index is 13.5. The second kappa shape index (κ2) is 4.94. The molecule has 0 N–H and O–H groups in total. The van der Waals surface area contributed by atoms with Crippen LogP contribution in [0.4, 0.5) is 4.39 Å². The molecule has 0 bridgehead atoms. The number of aromatic nitrogens is 1. The highest BCUT2D eigenvalue weighted by Crippen LogP contribution is 2.24. The number of Topliss-reactive ketones (excluding diaryl/α,β-unsaturated/α-hetero) is 1. The van der Waals surface area contributed by atoms with E-state index in [1.165, 1.54) is 30.5 Å². The number of nitrogens with zero attached hydrogens (tertiary/aromatic N) is 1. The molecule has 0 atom stereocenters. The lowest BCUT2D eigenvalue weighted by atomic mass is 10.1. The van der Waals surface area contributed by atoms with Crippen molar-refractivity contribution in [2.45, 2.75) is 13.3 Å². The Labute approximate surface area is 107 Å². The van der Waals surface area contributed by atoms with Gasteiger partial charge in [-0.3, -0.25) is 4.79 Å². The van der Waals surface area contributed by atoms with Crippen LogP contribution < -0.4 is 0 Å². The Kier molecular flexibility index (Phi) is 3.54. The van der Waals surface area contributed by atoms with E-state index in [-0.39, 0.29) is 11.6 Å². The number of carbonyl (C=O) groups excluding carboxylic acids is 1. The molecule has 0 saturated carbocycles. The largest absolute Gasteiger partial charge is 0.294 e. The molecular weight excluding hydrogens is 261 g/mol. The van der Waals surface area contributed by atoms with E-state index in [0.29, 0.717) is 26.9 Å². The van der Waals surface area contributed by atoms with Crippen LogP contribution in [0.2, 0.25) is 5.02 Å². The first kappa shape index (κ1) is 12.2. The van der Waals surface area contributed by atoms with E-state index in [2.05, 4.69) is 4.98 Å². The summed E-state index contributed by atoms with van der Waals surface area (Å²) in [4.78, 5) is 15.8. The number of ketones is 1. The highest BCUT2D eigenvalue weighted by atomic mass is 35.5. The zero-order valence-electron chi connectivity index (χ0n) is 9.04. The van der Waals surface area contributed by atoms with Crippen LogP contribution in [0.5, 0.6) is 0 Å². The summed E-state index contributed by atoms with van der Waals surface area (Å²) >= 11 is 7.19. The fraction of sp³-hybridized carbons (Fsp3) is 0.167. The summed E-state index contributed by atoms with van der Waals surface area (Å²) in [6, 6.07) is 4.56. The van der Waals surface area contributed by atoms with Crippen LogP contribution in [0.15, 0.2) is 24.4 Å². The van der Waals surface area contributed by atoms with Gasteiger partial charge in [-0.05, 0) is 12.1 Å². The first-order chi connectivity index (χ1) is 8.08. The van der Waals surface area contributed by atoms with Gasteiger partial charge in [0.25, 0.3) is 0 Å². The Hall–Kier alpha value is -1.26. The standard InChI is InChI=1S/C12H9ClFNOS/c1-7(16)11-6-15-12(17-11)5-8-9(13)3-2-4-10(8)14/h2-4,6H,5H2,1H3. The third-order valence-electron chi connectivity index (χ3n) is 2.29. The van der Waals surface area contributed by atoms with E-state index in [0.717, 1.165) is 0 Å². The summed E-state index contributed by atoms with van der Waals surface area (Å²) in [6.07, 6.45) is 1.82. The van der Waals surface area contributed by atoms with Crippen LogP contribution in [0.3, 0.4) is 0 Å². The summed E-state index contributed by atoms with van der Waals surface area (Å²) in [5.41, 5.74) is 0.415. The van der Waals surface area contributed by atoms with Crippen molar-refractivity contribution >= 4 is 28.7 Å². The van der Waals surface area contributed by atoms with Gasteiger partial charge in [0.1, 0.15) is 5.82 Å². The molecule has 17 heavy (non-hydrogen) atoms. The van der Waals surface area contributed by atoms with E-state index in [1.54, 1.807) is 12.1 Å². The first-order valence-corrected chi connectivity index (χ1v) is 6.16. The van der Waals surface area contributed by atoms with Gasteiger partial charge in [-0.25, -0.2) is 9.37 Å². The molecule has 2 aromatic rings. The minimum absolute atomic E-state index is 0.0339. The van der Waals surface area contributed by atoms with Crippen LogP contribution in [0.1, 0.15) is 27.2 Å². The molecule has 1 aromatic heterocycles. The first-order valence-electron chi connectivity index (χ1n) is 4.96. The summed E-state index contributed by atoms with van der Waals surface area (Å²) in [7, 11) is 0. The summed E-state index contributed by atoms with van der Waals surface area (Å²) in [6.45, 7) is 1.48.